The van der Waals surface area contributed by atoms with Gasteiger partial charge in [0.15, 0.2) is 4.84 Å². The topological polar surface area (TPSA) is 20.3 Å². The third-order valence-corrected chi connectivity index (χ3v) is 1.98. The van der Waals surface area contributed by atoms with E-state index in [4.69, 9.17) is 23.2 Å². The molecule has 1 radical (unpaired) electrons. The third-order valence-electron chi connectivity index (χ3n) is 1.61. The number of benzene rings is 1. The lowest BCUT2D eigenvalue weighted by Crippen LogP contribution is -2.30. The van der Waals surface area contributed by atoms with Gasteiger partial charge in [-0.2, -0.15) is 0 Å². The number of amides is 1. The molecule has 69 valence electrons. The molecule has 1 amide bonds. The lowest BCUT2D eigenvalue weighted by atomic mass is 10.3. The highest BCUT2D eigenvalue weighted by atomic mass is 35.5. The van der Waals surface area contributed by atoms with Crippen LogP contribution in [-0.2, 0) is 4.79 Å². The van der Waals surface area contributed by atoms with Gasteiger partial charge in [-0.15, -0.1) is 0 Å². The summed E-state index contributed by atoms with van der Waals surface area (Å²) in [6, 6.07) is 9.81. The molecule has 0 heterocycles. The smallest absolute Gasteiger partial charge is 0.260 e. The van der Waals surface area contributed by atoms with Gasteiger partial charge < -0.3 is 4.90 Å². The summed E-state index contributed by atoms with van der Waals surface area (Å²) < 4.78 is 0. The second kappa shape index (κ2) is 4.49. The van der Waals surface area contributed by atoms with Gasteiger partial charge in [0.25, 0.3) is 5.91 Å². The van der Waals surface area contributed by atoms with E-state index in [1.165, 1.54) is 4.90 Å². The maximum Gasteiger partial charge on any atom is 0.260 e. The summed E-state index contributed by atoms with van der Waals surface area (Å²) in [5.74, 6) is -0.338. The summed E-state index contributed by atoms with van der Waals surface area (Å²) in [5.41, 5.74) is 0.745. The van der Waals surface area contributed by atoms with Crippen LogP contribution in [0.5, 0.6) is 0 Å². The molecule has 0 fully saturated rings. The van der Waals surface area contributed by atoms with Gasteiger partial charge >= 0.3 is 0 Å². The van der Waals surface area contributed by atoms with Gasteiger partial charge in [0.1, 0.15) is 0 Å². The first kappa shape index (κ1) is 10.4. The van der Waals surface area contributed by atoms with Crippen LogP contribution < -0.4 is 4.90 Å². The molecule has 0 saturated carbocycles. The Morgan fingerprint density at radius 2 is 2.00 bits per heavy atom. The van der Waals surface area contributed by atoms with Gasteiger partial charge in [-0.05, 0) is 18.2 Å². The fraction of sp³-hybridized carbons (Fsp3) is 0.222. The molecule has 0 bridgehead atoms. The second-order valence-electron chi connectivity index (χ2n) is 2.46. The van der Waals surface area contributed by atoms with Crippen LogP contribution in [0.2, 0.25) is 0 Å². The van der Waals surface area contributed by atoms with E-state index in [1.54, 1.807) is 31.3 Å². The normalized spacial score (nSPS) is 10.2. The van der Waals surface area contributed by atoms with Crippen LogP contribution >= 0.6 is 23.2 Å². The fourth-order valence-corrected chi connectivity index (χ4v) is 1.17. The molecule has 1 rings (SSSR count). The van der Waals surface area contributed by atoms with E-state index in [1.807, 2.05) is 0 Å². The number of rotatable bonds is 2. The van der Waals surface area contributed by atoms with Crippen LogP contribution in [0.1, 0.15) is 0 Å². The van der Waals surface area contributed by atoms with Gasteiger partial charge in [0, 0.05) is 12.7 Å². The van der Waals surface area contributed by atoms with Crippen molar-refractivity contribution >= 4 is 34.8 Å². The zero-order chi connectivity index (χ0) is 9.84. The molecule has 1 aromatic rings. The first-order chi connectivity index (χ1) is 6.13. The average molecular weight is 217 g/mol. The van der Waals surface area contributed by atoms with Crippen molar-refractivity contribution in [3.63, 3.8) is 0 Å². The van der Waals surface area contributed by atoms with Crippen molar-refractivity contribution in [2.75, 3.05) is 11.9 Å². The summed E-state index contributed by atoms with van der Waals surface area (Å²) >= 11 is 10.9. The van der Waals surface area contributed by atoms with Crippen LogP contribution in [-0.4, -0.2) is 17.8 Å². The van der Waals surface area contributed by atoms with Crippen molar-refractivity contribution in [1.82, 2.24) is 0 Å². The predicted molar refractivity (Wildman–Crippen MR) is 54.2 cm³/mol. The number of anilines is 1. The molecule has 1 aromatic carbocycles. The molecule has 0 aliphatic rings. The summed E-state index contributed by atoms with van der Waals surface area (Å²) in [6.45, 7) is 0. The predicted octanol–water partition coefficient (Wildman–Crippen LogP) is 2.25. The zero-order valence-electron chi connectivity index (χ0n) is 7.00. The Bertz CT molecular complexity index is 287. The summed E-state index contributed by atoms with van der Waals surface area (Å²) in [7, 11) is 1.62. The van der Waals surface area contributed by atoms with Crippen LogP contribution in [0.25, 0.3) is 0 Å². The highest BCUT2D eigenvalue weighted by molar-refractivity contribution is 6.54. The Hall–Kier alpha value is -0.730. The quantitative estimate of drug-likeness (QED) is 0.695. The molecular weight excluding hydrogens is 209 g/mol. The van der Waals surface area contributed by atoms with E-state index in [0.29, 0.717) is 0 Å². The van der Waals surface area contributed by atoms with Gasteiger partial charge in [0.05, 0.1) is 0 Å². The summed E-state index contributed by atoms with van der Waals surface area (Å²) in [4.78, 5) is 11.7. The first-order valence-corrected chi connectivity index (χ1v) is 4.52. The highest BCUT2D eigenvalue weighted by Gasteiger charge is 2.17. The fourth-order valence-electron chi connectivity index (χ4n) is 0.875. The van der Waals surface area contributed by atoms with Crippen LogP contribution in [0, 0.1) is 6.07 Å². The number of alkyl halides is 2. The van der Waals surface area contributed by atoms with E-state index in [2.05, 4.69) is 6.07 Å². The van der Waals surface area contributed by atoms with Gasteiger partial charge in [-0.25, -0.2) is 0 Å². The SMILES string of the molecule is CN(C(=O)C(Cl)Cl)c1cc[c]cc1. The van der Waals surface area contributed by atoms with E-state index in [9.17, 15) is 4.79 Å². The Morgan fingerprint density at radius 1 is 1.46 bits per heavy atom. The van der Waals surface area contributed by atoms with Crippen LogP contribution in [0.15, 0.2) is 24.3 Å². The maximum atomic E-state index is 11.3. The Labute approximate surface area is 87.1 Å². The lowest BCUT2D eigenvalue weighted by Gasteiger charge is -2.17. The number of carbonyl (C=O) groups is 1. The van der Waals surface area contributed by atoms with Crippen molar-refractivity contribution in [1.29, 1.82) is 0 Å². The Balaban J connectivity index is 2.80. The van der Waals surface area contributed by atoms with E-state index in [-0.39, 0.29) is 5.91 Å². The van der Waals surface area contributed by atoms with Crippen LogP contribution in [0.3, 0.4) is 0 Å². The molecule has 0 unspecified atom stereocenters. The monoisotopic (exact) mass is 216 g/mol. The van der Waals surface area contributed by atoms with Crippen molar-refractivity contribution in [2.24, 2.45) is 0 Å². The van der Waals surface area contributed by atoms with Crippen molar-refractivity contribution in [2.45, 2.75) is 4.84 Å². The van der Waals surface area contributed by atoms with E-state index < -0.39 is 4.84 Å². The number of hydrogen-bond donors (Lipinski definition) is 0. The standard InChI is InChI=1S/C9H8Cl2NO/c1-12(9(13)8(10)11)7-5-3-2-4-6-7/h3-6,8H,1H3. The maximum absolute atomic E-state index is 11.3. The number of carbonyl (C=O) groups excluding carboxylic acids is 1. The number of nitrogens with zero attached hydrogens (tertiary/aromatic N) is 1. The molecule has 0 atom stereocenters. The molecule has 0 N–H and O–H groups in total. The molecule has 0 saturated heterocycles. The van der Waals surface area contributed by atoms with Crippen LogP contribution in [0.4, 0.5) is 5.69 Å². The number of halogens is 2. The first-order valence-electron chi connectivity index (χ1n) is 3.65. The minimum absolute atomic E-state index is 0.338. The molecule has 2 nitrogen and oxygen atoms in total. The van der Waals surface area contributed by atoms with E-state index >= 15 is 0 Å². The molecule has 13 heavy (non-hydrogen) atoms. The molecular formula is C9H8Cl2NO. The molecule has 0 aliphatic heterocycles. The second-order valence-corrected chi connectivity index (χ2v) is 3.55. The molecule has 4 heteroatoms. The van der Waals surface area contributed by atoms with Gasteiger partial charge in [-0.1, -0.05) is 35.3 Å². The van der Waals surface area contributed by atoms with Crippen molar-refractivity contribution < 1.29 is 4.79 Å². The zero-order valence-corrected chi connectivity index (χ0v) is 8.51. The van der Waals surface area contributed by atoms with Crippen molar-refractivity contribution in [3.05, 3.63) is 30.3 Å². The summed E-state index contributed by atoms with van der Waals surface area (Å²) in [6.07, 6.45) is 0. The minimum atomic E-state index is -1.02. The highest BCUT2D eigenvalue weighted by Crippen LogP contribution is 2.15. The lowest BCUT2D eigenvalue weighted by molar-refractivity contribution is -0.116. The molecule has 0 aliphatic carbocycles. The third kappa shape index (κ3) is 2.61. The average Bonchev–Trinajstić information content (AvgIpc) is 2.17. The van der Waals surface area contributed by atoms with Crippen molar-refractivity contribution in [3.8, 4) is 0 Å². The largest absolute Gasteiger partial charge is 0.313 e. The van der Waals surface area contributed by atoms with E-state index in [0.717, 1.165) is 5.69 Å². The Kier molecular flexibility index (Phi) is 3.58. The molecule has 0 spiro atoms. The van der Waals surface area contributed by atoms with Gasteiger partial charge in [0.2, 0.25) is 0 Å². The summed E-state index contributed by atoms with van der Waals surface area (Å²) in [5, 5.41) is 0. The molecule has 0 aromatic heterocycles. The minimum Gasteiger partial charge on any atom is -0.313 e. The van der Waals surface area contributed by atoms with Gasteiger partial charge in [-0.3, -0.25) is 4.79 Å². The Morgan fingerprint density at radius 3 is 2.46 bits per heavy atom. The number of hydrogen-bond acceptors (Lipinski definition) is 1.